The Labute approximate surface area is 186 Å². The highest BCUT2D eigenvalue weighted by atomic mass is 16.5. The molecule has 0 fully saturated rings. The number of anilines is 1. The van der Waals surface area contributed by atoms with Crippen molar-refractivity contribution >= 4 is 17.6 Å². The monoisotopic (exact) mass is 437 g/mol. The smallest absolute Gasteiger partial charge is 0.319 e. The van der Waals surface area contributed by atoms with Crippen molar-refractivity contribution in [3.63, 3.8) is 0 Å². The zero-order chi connectivity index (χ0) is 22.9. The number of para-hydroxylation sites is 1. The van der Waals surface area contributed by atoms with Gasteiger partial charge in [-0.1, -0.05) is 18.2 Å². The van der Waals surface area contributed by atoms with Gasteiger partial charge in [-0.25, -0.2) is 9.78 Å². The maximum absolute atomic E-state index is 12.7. The molecule has 0 saturated carbocycles. The first-order valence-corrected chi connectivity index (χ1v) is 10.1. The summed E-state index contributed by atoms with van der Waals surface area (Å²) < 4.78 is 12.6. The summed E-state index contributed by atoms with van der Waals surface area (Å²) in [5.41, 5.74) is 1.44. The van der Waals surface area contributed by atoms with Crippen LogP contribution in [0.3, 0.4) is 0 Å². The van der Waals surface area contributed by atoms with Crippen molar-refractivity contribution in [1.82, 2.24) is 20.2 Å². The first-order valence-electron chi connectivity index (χ1n) is 10.1. The van der Waals surface area contributed by atoms with Crippen molar-refractivity contribution in [2.24, 2.45) is 7.05 Å². The molecule has 168 valence electrons. The predicted octanol–water partition coefficient (Wildman–Crippen LogP) is 2.85. The third kappa shape index (κ3) is 6.00. The lowest BCUT2D eigenvalue weighted by Gasteiger charge is -2.20. The number of benzene rings is 2. The van der Waals surface area contributed by atoms with Gasteiger partial charge in [-0.05, 0) is 29.8 Å². The number of urea groups is 1. The van der Waals surface area contributed by atoms with Crippen molar-refractivity contribution in [1.29, 1.82) is 0 Å². The van der Waals surface area contributed by atoms with E-state index < -0.39 is 6.04 Å². The molecule has 0 radical (unpaired) electrons. The van der Waals surface area contributed by atoms with Crippen molar-refractivity contribution in [3.05, 3.63) is 72.3 Å². The van der Waals surface area contributed by atoms with Gasteiger partial charge < -0.3 is 30.0 Å². The van der Waals surface area contributed by atoms with Gasteiger partial charge in [0.1, 0.15) is 23.4 Å². The molecule has 0 saturated heterocycles. The van der Waals surface area contributed by atoms with Crippen LogP contribution in [0.4, 0.5) is 10.5 Å². The van der Waals surface area contributed by atoms with Gasteiger partial charge in [-0.2, -0.15) is 0 Å². The maximum atomic E-state index is 12.7. The molecule has 3 amide bonds. The molecular weight excluding hydrogens is 410 g/mol. The SMILES string of the molecule is COc1cc(OC)cc([C@@H](NC(=O)CCNC(=O)Nc2ccccc2)c2nccn2C)c1. The zero-order valence-electron chi connectivity index (χ0n) is 18.3. The standard InChI is InChI=1S/C23H27N5O4/c1-28-12-11-24-22(28)21(16-13-18(31-2)15-19(14-16)32-3)27-20(29)9-10-25-23(30)26-17-7-5-4-6-8-17/h4-8,11-15,21H,9-10H2,1-3H3,(H,27,29)(H2,25,26,30)/t21-/m1/s1. The minimum atomic E-state index is -0.523. The first kappa shape index (κ1) is 22.7. The van der Waals surface area contributed by atoms with E-state index in [1.54, 1.807) is 44.8 Å². The summed E-state index contributed by atoms with van der Waals surface area (Å²) in [7, 11) is 4.99. The largest absolute Gasteiger partial charge is 0.497 e. The summed E-state index contributed by atoms with van der Waals surface area (Å²) in [5.74, 6) is 1.63. The van der Waals surface area contributed by atoms with E-state index in [9.17, 15) is 9.59 Å². The van der Waals surface area contributed by atoms with Crippen LogP contribution in [0, 0.1) is 0 Å². The third-order valence-electron chi connectivity index (χ3n) is 4.80. The molecular formula is C23H27N5O4. The molecule has 2 aromatic carbocycles. The number of aryl methyl sites for hydroxylation is 1. The van der Waals surface area contributed by atoms with E-state index in [1.807, 2.05) is 41.9 Å². The van der Waals surface area contributed by atoms with Crippen molar-refractivity contribution in [3.8, 4) is 11.5 Å². The number of nitrogens with zero attached hydrogens (tertiary/aromatic N) is 2. The molecule has 0 aliphatic heterocycles. The van der Waals surface area contributed by atoms with Gasteiger partial charge in [-0.3, -0.25) is 4.79 Å². The summed E-state index contributed by atoms with van der Waals surface area (Å²) in [4.78, 5) is 29.1. The number of hydrogen-bond acceptors (Lipinski definition) is 5. The van der Waals surface area contributed by atoms with Crippen LogP contribution in [0.1, 0.15) is 23.9 Å². The molecule has 0 unspecified atom stereocenters. The molecule has 9 nitrogen and oxygen atoms in total. The molecule has 0 spiro atoms. The van der Waals surface area contributed by atoms with Crippen LogP contribution in [0.15, 0.2) is 60.9 Å². The van der Waals surface area contributed by atoms with Crippen LogP contribution in [-0.2, 0) is 11.8 Å². The normalized spacial score (nSPS) is 11.3. The first-order chi connectivity index (χ1) is 15.5. The molecule has 0 bridgehead atoms. The number of methoxy groups -OCH3 is 2. The fourth-order valence-electron chi connectivity index (χ4n) is 3.17. The average molecular weight is 438 g/mol. The Morgan fingerprint density at radius 2 is 1.75 bits per heavy atom. The second-order valence-electron chi connectivity index (χ2n) is 7.04. The van der Waals surface area contributed by atoms with Crippen LogP contribution >= 0.6 is 0 Å². The molecule has 1 atom stereocenters. The number of hydrogen-bond donors (Lipinski definition) is 3. The van der Waals surface area contributed by atoms with E-state index in [4.69, 9.17) is 9.47 Å². The van der Waals surface area contributed by atoms with E-state index >= 15 is 0 Å². The van der Waals surface area contributed by atoms with Gasteiger partial charge in [0, 0.05) is 44.2 Å². The molecule has 32 heavy (non-hydrogen) atoms. The number of nitrogens with one attached hydrogen (secondary N) is 3. The van der Waals surface area contributed by atoms with Crippen LogP contribution in [0.25, 0.3) is 0 Å². The Balaban J connectivity index is 1.66. The quantitative estimate of drug-likeness (QED) is 0.477. The lowest BCUT2D eigenvalue weighted by atomic mass is 10.0. The fourth-order valence-corrected chi connectivity index (χ4v) is 3.17. The van der Waals surface area contributed by atoms with E-state index in [1.165, 1.54) is 0 Å². The van der Waals surface area contributed by atoms with Gasteiger partial charge in [0.15, 0.2) is 0 Å². The minimum absolute atomic E-state index is 0.101. The zero-order valence-corrected chi connectivity index (χ0v) is 18.3. The number of ether oxygens (including phenoxy) is 2. The second-order valence-corrected chi connectivity index (χ2v) is 7.04. The highest BCUT2D eigenvalue weighted by Gasteiger charge is 2.22. The summed E-state index contributed by atoms with van der Waals surface area (Å²) in [6.07, 6.45) is 3.58. The minimum Gasteiger partial charge on any atom is -0.497 e. The fraction of sp³-hybridized carbons (Fsp3) is 0.261. The Hall–Kier alpha value is -4.01. The van der Waals surface area contributed by atoms with E-state index in [2.05, 4.69) is 20.9 Å². The van der Waals surface area contributed by atoms with Gasteiger partial charge in [0.25, 0.3) is 0 Å². The topological polar surface area (TPSA) is 107 Å². The number of carbonyl (C=O) groups is 2. The summed E-state index contributed by atoms with van der Waals surface area (Å²) in [6.45, 7) is 0.180. The van der Waals surface area contributed by atoms with E-state index in [-0.39, 0.29) is 24.9 Å². The molecule has 3 rings (SSSR count). The summed E-state index contributed by atoms with van der Waals surface area (Å²) >= 11 is 0. The Bertz CT molecular complexity index is 1030. The number of rotatable bonds is 9. The third-order valence-corrected chi connectivity index (χ3v) is 4.80. The van der Waals surface area contributed by atoms with Crippen molar-refractivity contribution in [2.75, 3.05) is 26.1 Å². The highest BCUT2D eigenvalue weighted by Crippen LogP contribution is 2.29. The summed E-state index contributed by atoms with van der Waals surface area (Å²) in [5, 5.41) is 8.40. The van der Waals surface area contributed by atoms with E-state index in [0.29, 0.717) is 23.0 Å². The van der Waals surface area contributed by atoms with Crippen molar-refractivity contribution < 1.29 is 19.1 Å². The second kappa shape index (κ2) is 10.9. The number of amides is 3. The van der Waals surface area contributed by atoms with Gasteiger partial charge in [0.2, 0.25) is 5.91 Å². The maximum Gasteiger partial charge on any atom is 0.319 e. The van der Waals surface area contributed by atoms with Crippen LogP contribution in [-0.4, -0.2) is 42.3 Å². The Morgan fingerprint density at radius 3 is 2.34 bits per heavy atom. The molecule has 0 aliphatic rings. The van der Waals surface area contributed by atoms with Crippen LogP contribution in [0.5, 0.6) is 11.5 Å². The predicted molar refractivity (Wildman–Crippen MR) is 121 cm³/mol. The molecule has 3 aromatic rings. The molecule has 1 aromatic heterocycles. The summed E-state index contributed by atoms with van der Waals surface area (Å²) in [6, 6.07) is 13.6. The van der Waals surface area contributed by atoms with Crippen molar-refractivity contribution in [2.45, 2.75) is 12.5 Å². The number of imidazole rings is 1. The number of carbonyl (C=O) groups excluding carboxylic acids is 2. The van der Waals surface area contributed by atoms with E-state index in [0.717, 1.165) is 5.56 Å². The Morgan fingerprint density at radius 1 is 1.06 bits per heavy atom. The van der Waals surface area contributed by atoms with Gasteiger partial charge in [-0.15, -0.1) is 0 Å². The average Bonchev–Trinajstić information content (AvgIpc) is 3.23. The van der Waals surface area contributed by atoms with Crippen LogP contribution in [0.2, 0.25) is 0 Å². The van der Waals surface area contributed by atoms with Crippen LogP contribution < -0.4 is 25.4 Å². The van der Waals surface area contributed by atoms with Gasteiger partial charge >= 0.3 is 6.03 Å². The lowest BCUT2D eigenvalue weighted by Crippen LogP contribution is -2.35. The molecule has 3 N–H and O–H groups in total. The molecule has 1 heterocycles. The molecule has 9 heteroatoms. The van der Waals surface area contributed by atoms with Gasteiger partial charge in [0.05, 0.1) is 14.2 Å². The highest BCUT2D eigenvalue weighted by molar-refractivity contribution is 5.89. The Kier molecular flexibility index (Phi) is 7.69. The lowest BCUT2D eigenvalue weighted by molar-refractivity contribution is -0.121. The molecule has 0 aliphatic carbocycles. The number of aromatic nitrogens is 2.